The van der Waals surface area contributed by atoms with Crippen LogP contribution in [-0.4, -0.2) is 13.2 Å². The van der Waals surface area contributed by atoms with Crippen LogP contribution in [-0.2, 0) is 6.42 Å². The van der Waals surface area contributed by atoms with Gasteiger partial charge in [-0.3, -0.25) is 0 Å². The molecule has 0 aliphatic carbocycles. The molecule has 1 aliphatic rings. The third kappa shape index (κ3) is 3.55. The van der Waals surface area contributed by atoms with Crippen molar-refractivity contribution in [3.05, 3.63) is 19.2 Å². The minimum absolute atomic E-state index is 0.625. The van der Waals surface area contributed by atoms with Gasteiger partial charge in [0.15, 0.2) is 11.5 Å². The van der Waals surface area contributed by atoms with Crippen LogP contribution >= 0.6 is 54.5 Å². The van der Waals surface area contributed by atoms with Gasteiger partial charge in [0.25, 0.3) is 0 Å². The second-order valence-corrected chi connectivity index (χ2v) is 10.0. The molecule has 22 heavy (non-hydrogen) atoms. The number of ether oxygens (including phenoxy) is 2. The van der Waals surface area contributed by atoms with Crippen molar-refractivity contribution in [2.75, 3.05) is 13.2 Å². The quantitative estimate of drug-likeness (QED) is 0.432. The van der Waals surface area contributed by atoms with Crippen molar-refractivity contribution in [2.45, 2.75) is 39.0 Å². The average molecular weight is 466 g/mol. The highest BCUT2D eigenvalue weighted by Crippen LogP contribution is 2.54. The van der Waals surface area contributed by atoms with Crippen LogP contribution in [0.1, 0.15) is 38.2 Å². The molecule has 2 aromatic rings. The topological polar surface area (TPSA) is 18.5 Å². The van der Waals surface area contributed by atoms with Crippen LogP contribution in [0.2, 0.25) is 0 Å². The van der Waals surface area contributed by atoms with E-state index in [0.29, 0.717) is 13.2 Å². The lowest BCUT2D eigenvalue weighted by Crippen LogP contribution is -2.14. The largest absolute Gasteiger partial charge is 0.485 e. The summed E-state index contributed by atoms with van der Waals surface area (Å²) in [5, 5.41) is 0. The molecule has 0 unspecified atom stereocenters. The third-order valence-electron chi connectivity index (χ3n) is 3.64. The van der Waals surface area contributed by atoms with Crippen LogP contribution in [0, 0.1) is 0 Å². The number of halogens is 2. The van der Waals surface area contributed by atoms with Crippen LogP contribution in [0.15, 0.2) is 13.6 Å². The molecule has 1 aliphatic heterocycles. The van der Waals surface area contributed by atoms with Crippen molar-refractivity contribution in [1.82, 2.24) is 0 Å². The fourth-order valence-corrected chi connectivity index (χ4v) is 6.14. The first kappa shape index (κ1) is 16.8. The number of unbranched alkanes of at least 4 members (excludes halogenated alkanes) is 3. The fraction of sp³-hybridized carbons (Fsp3) is 0.500. The maximum Gasteiger partial charge on any atom is 0.187 e. The summed E-state index contributed by atoms with van der Waals surface area (Å²) in [7, 11) is 0. The van der Waals surface area contributed by atoms with Gasteiger partial charge in [0.05, 0.1) is 13.5 Å². The first-order valence-electron chi connectivity index (χ1n) is 7.57. The first-order chi connectivity index (χ1) is 10.7. The van der Waals surface area contributed by atoms with Crippen molar-refractivity contribution in [1.29, 1.82) is 0 Å². The van der Waals surface area contributed by atoms with E-state index in [1.807, 2.05) is 0 Å². The van der Waals surface area contributed by atoms with E-state index >= 15 is 0 Å². The molecule has 0 aromatic carbocycles. The molecule has 2 nitrogen and oxygen atoms in total. The molecule has 0 fully saturated rings. The number of fused-ring (bicyclic) bond motifs is 1. The van der Waals surface area contributed by atoms with E-state index in [4.69, 9.17) is 9.47 Å². The molecule has 0 saturated heterocycles. The number of rotatable bonds is 6. The molecule has 6 heteroatoms. The molecule has 0 amide bonds. The summed E-state index contributed by atoms with van der Waals surface area (Å²) in [5.74, 6) is 1.78. The maximum absolute atomic E-state index is 5.88. The Labute approximate surface area is 156 Å². The van der Waals surface area contributed by atoms with E-state index in [1.165, 1.54) is 44.8 Å². The van der Waals surface area contributed by atoms with Gasteiger partial charge in [-0.2, -0.15) is 0 Å². The van der Waals surface area contributed by atoms with Gasteiger partial charge in [0, 0.05) is 0 Å². The second kappa shape index (κ2) is 7.69. The standard InChI is InChI=1S/C16H18Br2O2S2/c1-2-3-4-5-6-10-9-11(17)21-14(10)15-12-13(16(18)22-15)20-8-7-19-12/h9H,2-8H2,1H3. The monoisotopic (exact) mass is 464 g/mol. The summed E-state index contributed by atoms with van der Waals surface area (Å²) in [6.45, 7) is 3.50. The van der Waals surface area contributed by atoms with Crippen molar-refractivity contribution >= 4 is 54.5 Å². The lowest BCUT2D eigenvalue weighted by molar-refractivity contribution is 0.173. The van der Waals surface area contributed by atoms with Crippen molar-refractivity contribution in [3.8, 4) is 21.3 Å². The third-order valence-corrected chi connectivity index (χ3v) is 7.27. The van der Waals surface area contributed by atoms with Crippen molar-refractivity contribution in [2.24, 2.45) is 0 Å². The predicted octanol–water partition coefficient (Wildman–Crippen LogP) is 6.90. The SMILES string of the molecule is CCCCCCc1cc(Br)sc1-c1sc(Br)c2c1OCCO2. The highest BCUT2D eigenvalue weighted by atomic mass is 79.9. The van der Waals surface area contributed by atoms with Gasteiger partial charge in [-0.05, 0) is 56.3 Å². The van der Waals surface area contributed by atoms with E-state index in [-0.39, 0.29) is 0 Å². The predicted molar refractivity (Wildman–Crippen MR) is 102 cm³/mol. The molecular weight excluding hydrogens is 448 g/mol. The van der Waals surface area contributed by atoms with Gasteiger partial charge >= 0.3 is 0 Å². The molecule has 2 aromatic heterocycles. The van der Waals surface area contributed by atoms with E-state index in [1.54, 1.807) is 22.7 Å². The summed E-state index contributed by atoms with van der Waals surface area (Å²) in [4.78, 5) is 2.52. The van der Waals surface area contributed by atoms with Crippen molar-refractivity contribution < 1.29 is 9.47 Å². The number of thiophene rings is 2. The van der Waals surface area contributed by atoms with Crippen LogP contribution in [0.25, 0.3) is 9.75 Å². The molecule has 0 saturated carbocycles. The van der Waals surface area contributed by atoms with Gasteiger partial charge in [-0.25, -0.2) is 0 Å². The lowest BCUT2D eigenvalue weighted by atomic mass is 10.1. The van der Waals surface area contributed by atoms with Gasteiger partial charge in [-0.15, -0.1) is 22.7 Å². The molecule has 120 valence electrons. The van der Waals surface area contributed by atoms with E-state index in [9.17, 15) is 0 Å². The van der Waals surface area contributed by atoms with E-state index < -0.39 is 0 Å². The molecule has 0 radical (unpaired) electrons. The van der Waals surface area contributed by atoms with Gasteiger partial charge in [0.2, 0.25) is 0 Å². The lowest BCUT2D eigenvalue weighted by Gasteiger charge is -2.16. The Bertz CT molecular complexity index is 649. The maximum atomic E-state index is 5.88. The average Bonchev–Trinajstić information content (AvgIpc) is 3.05. The normalized spacial score (nSPS) is 13.6. The second-order valence-electron chi connectivity index (χ2n) is 5.28. The Morgan fingerprint density at radius 3 is 2.55 bits per heavy atom. The Morgan fingerprint density at radius 1 is 1.00 bits per heavy atom. The van der Waals surface area contributed by atoms with Crippen molar-refractivity contribution in [3.63, 3.8) is 0 Å². The summed E-state index contributed by atoms with van der Waals surface area (Å²) < 4.78 is 13.8. The summed E-state index contributed by atoms with van der Waals surface area (Å²) in [6, 6.07) is 2.26. The minimum Gasteiger partial charge on any atom is -0.485 e. The Kier molecular flexibility index (Phi) is 5.87. The Balaban J connectivity index is 1.88. The van der Waals surface area contributed by atoms with Gasteiger partial charge in [-0.1, -0.05) is 26.2 Å². The van der Waals surface area contributed by atoms with Crippen LogP contribution in [0.4, 0.5) is 0 Å². The summed E-state index contributed by atoms with van der Waals surface area (Å²) in [5.41, 5.74) is 1.42. The van der Waals surface area contributed by atoms with Crippen LogP contribution in [0.5, 0.6) is 11.5 Å². The molecule has 0 N–H and O–H groups in total. The molecule has 0 spiro atoms. The smallest absolute Gasteiger partial charge is 0.187 e. The molecule has 3 heterocycles. The van der Waals surface area contributed by atoms with E-state index in [2.05, 4.69) is 44.8 Å². The zero-order valence-electron chi connectivity index (χ0n) is 12.4. The molecule has 0 bridgehead atoms. The summed E-state index contributed by atoms with van der Waals surface area (Å²) >= 11 is 10.8. The number of hydrogen-bond donors (Lipinski definition) is 0. The minimum atomic E-state index is 0.625. The van der Waals surface area contributed by atoms with Crippen LogP contribution in [0.3, 0.4) is 0 Å². The zero-order chi connectivity index (χ0) is 15.5. The van der Waals surface area contributed by atoms with Gasteiger partial charge in [0.1, 0.15) is 17.0 Å². The number of aryl methyl sites for hydroxylation is 1. The number of hydrogen-bond acceptors (Lipinski definition) is 4. The Hall–Kier alpha value is -0.0400. The fourth-order valence-electron chi connectivity index (χ4n) is 2.58. The zero-order valence-corrected chi connectivity index (χ0v) is 17.2. The highest BCUT2D eigenvalue weighted by Gasteiger charge is 2.26. The first-order valence-corrected chi connectivity index (χ1v) is 10.8. The Morgan fingerprint density at radius 2 is 1.77 bits per heavy atom. The van der Waals surface area contributed by atoms with Gasteiger partial charge < -0.3 is 9.47 Å². The molecule has 0 atom stereocenters. The van der Waals surface area contributed by atoms with Crippen LogP contribution < -0.4 is 9.47 Å². The molecular formula is C16H18Br2O2S2. The summed E-state index contributed by atoms with van der Waals surface area (Å²) in [6.07, 6.45) is 6.27. The van der Waals surface area contributed by atoms with E-state index in [0.717, 1.165) is 21.7 Å². The highest BCUT2D eigenvalue weighted by molar-refractivity contribution is 9.11. The molecule has 3 rings (SSSR count).